The van der Waals surface area contributed by atoms with Gasteiger partial charge in [-0.2, -0.15) is 10.1 Å². The molecule has 1 saturated heterocycles. The highest BCUT2D eigenvalue weighted by atomic mass is 16.6. The Kier molecular flexibility index (Phi) is 4.95. The topological polar surface area (TPSA) is 102 Å². The first-order valence-corrected chi connectivity index (χ1v) is 11.5. The summed E-state index contributed by atoms with van der Waals surface area (Å²) in [5.41, 5.74) is 0.982. The first-order valence-electron chi connectivity index (χ1n) is 11.5. The molecular weight excluding hydrogens is 446 g/mol. The minimum Gasteiger partial charge on any atom is -0.481 e. The van der Waals surface area contributed by atoms with Crippen molar-refractivity contribution in [3.63, 3.8) is 0 Å². The van der Waals surface area contributed by atoms with Gasteiger partial charge in [-0.15, -0.1) is 0 Å². The zero-order valence-electron chi connectivity index (χ0n) is 18.6. The van der Waals surface area contributed by atoms with E-state index in [1.54, 1.807) is 6.07 Å². The van der Waals surface area contributed by atoms with Gasteiger partial charge < -0.3 is 4.74 Å². The van der Waals surface area contributed by atoms with Gasteiger partial charge in [-0.1, -0.05) is 60.7 Å². The van der Waals surface area contributed by atoms with Gasteiger partial charge in [-0.25, -0.2) is 0 Å². The van der Waals surface area contributed by atoms with Crippen molar-refractivity contribution in [2.24, 2.45) is 28.8 Å². The van der Waals surface area contributed by atoms with E-state index in [0.29, 0.717) is 5.56 Å². The molecule has 3 aromatic carbocycles. The van der Waals surface area contributed by atoms with Gasteiger partial charge in [0.1, 0.15) is 6.61 Å². The lowest BCUT2D eigenvalue weighted by Gasteiger charge is -2.13. The molecule has 1 aliphatic heterocycles. The predicted octanol–water partition coefficient (Wildman–Crippen LogP) is 4.47. The standard InChI is InChI=1S/C27H21N3O5/c31-26-23-17-11-12-18(13-17)24(23)27(32)29(26)28-14-19-7-4-10-22(30(33)34)25(19)35-15-20-8-3-6-16-5-1-2-9-21(16)20/h1-12,14,17-18,23-24H,13,15H2/t17-,18-,23-,24+/m0/s1. The number of imide groups is 1. The van der Waals surface area contributed by atoms with Gasteiger partial charge in [0.25, 0.3) is 11.8 Å². The number of carbonyl (C=O) groups is 2. The molecule has 8 heteroatoms. The number of hydrazone groups is 1. The van der Waals surface area contributed by atoms with Crippen LogP contribution < -0.4 is 4.74 Å². The summed E-state index contributed by atoms with van der Waals surface area (Å²) in [6.45, 7) is 0.105. The molecule has 0 N–H and O–H groups in total. The van der Waals surface area contributed by atoms with E-state index in [-0.39, 0.29) is 53.5 Å². The van der Waals surface area contributed by atoms with Crippen molar-refractivity contribution in [2.45, 2.75) is 13.0 Å². The minimum atomic E-state index is -0.518. The average Bonchev–Trinajstić information content (AvgIpc) is 3.55. The summed E-state index contributed by atoms with van der Waals surface area (Å²) < 4.78 is 5.98. The van der Waals surface area contributed by atoms with Crippen molar-refractivity contribution in [2.75, 3.05) is 0 Å². The summed E-state index contributed by atoms with van der Waals surface area (Å²) in [7, 11) is 0. The van der Waals surface area contributed by atoms with E-state index in [2.05, 4.69) is 5.10 Å². The van der Waals surface area contributed by atoms with Crippen LogP contribution in [-0.4, -0.2) is 28.0 Å². The second-order valence-corrected chi connectivity index (χ2v) is 9.11. The number of ether oxygens (including phenoxy) is 1. The van der Waals surface area contributed by atoms with Crippen LogP contribution in [0.1, 0.15) is 17.5 Å². The van der Waals surface area contributed by atoms with Crippen LogP contribution in [0, 0.1) is 33.8 Å². The van der Waals surface area contributed by atoms with Crippen LogP contribution in [0.3, 0.4) is 0 Å². The number of nitrogens with zero attached hydrogens (tertiary/aromatic N) is 3. The number of benzene rings is 3. The van der Waals surface area contributed by atoms with E-state index in [9.17, 15) is 19.7 Å². The van der Waals surface area contributed by atoms with E-state index >= 15 is 0 Å². The van der Waals surface area contributed by atoms with Gasteiger partial charge in [-0.3, -0.25) is 19.7 Å². The number of para-hydroxylation sites is 1. The van der Waals surface area contributed by atoms with Crippen LogP contribution in [-0.2, 0) is 16.2 Å². The van der Waals surface area contributed by atoms with Crippen molar-refractivity contribution >= 4 is 34.5 Å². The first kappa shape index (κ1) is 21.2. The van der Waals surface area contributed by atoms with E-state index < -0.39 is 4.92 Å². The fourth-order valence-electron chi connectivity index (χ4n) is 5.63. The maximum absolute atomic E-state index is 12.9. The molecule has 8 nitrogen and oxygen atoms in total. The number of allylic oxidation sites excluding steroid dienone is 2. The highest BCUT2D eigenvalue weighted by Gasteiger charge is 2.59. The number of amides is 2. The molecule has 3 aliphatic rings. The lowest BCUT2D eigenvalue weighted by molar-refractivity contribution is -0.385. The van der Waals surface area contributed by atoms with E-state index in [4.69, 9.17) is 4.74 Å². The Morgan fingerprint density at radius 2 is 1.66 bits per heavy atom. The molecule has 0 unspecified atom stereocenters. The quantitative estimate of drug-likeness (QED) is 0.175. The smallest absolute Gasteiger partial charge is 0.311 e. The Bertz CT molecular complexity index is 1410. The summed E-state index contributed by atoms with van der Waals surface area (Å²) in [6.07, 6.45) is 6.17. The molecule has 4 atom stereocenters. The second-order valence-electron chi connectivity index (χ2n) is 9.11. The lowest BCUT2D eigenvalue weighted by atomic mass is 9.85. The lowest BCUT2D eigenvalue weighted by Crippen LogP contribution is -2.28. The molecular formula is C27H21N3O5. The van der Waals surface area contributed by atoms with Crippen LogP contribution in [0.15, 0.2) is 77.9 Å². The third kappa shape index (κ3) is 3.41. The molecule has 3 aromatic rings. The van der Waals surface area contributed by atoms with Crippen LogP contribution >= 0.6 is 0 Å². The summed E-state index contributed by atoms with van der Waals surface area (Å²) >= 11 is 0. The largest absolute Gasteiger partial charge is 0.481 e. The summed E-state index contributed by atoms with van der Waals surface area (Å²) in [6, 6.07) is 18.1. The predicted molar refractivity (Wildman–Crippen MR) is 129 cm³/mol. The van der Waals surface area contributed by atoms with Crippen LogP contribution in [0.25, 0.3) is 10.8 Å². The fraction of sp³-hybridized carbons (Fsp3) is 0.222. The molecule has 174 valence electrons. The molecule has 2 aliphatic carbocycles. The molecule has 2 amide bonds. The molecule has 1 heterocycles. The van der Waals surface area contributed by atoms with Crippen molar-refractivity contribution in [3.05, 3.63) is 94.1 Å². The van der Waals surface area contributed by atoms with Crippen LogP contribution in [0.4, 0.5) is 5.69 Å². The third-order valence-corrected chi connectivity index (χ3v) is 7.23. The van der Waals surface area contributed by atoms with Crippen LogP contribution in [0.2, 0.25) is 0 Å². The Balaban J connectivity index is 1.30. The highest BCUT2D eigenvalue weighted by Crippen LogP contribution is 2.52. The van der Waals surface area contributed by atoms with Crippen molar-refractivity contribution < 1.29 is 19.2 Å². The number of rotatable bonds is 6. The zero-order valence-corrected chi connectivity index (χ0v) is 18.6. The average molecular weight is 467 g/mol. The first-order chi connectivity index (χ1) is 17.0. The Morgan fingerprint density at radius 3 is 2.40 bits per heavy atom. The molecule has 2 fully saturated rings. The maximum atomic E-state index is 12.9. The minimum absolute atomic E-state index is 0.0372. The van der Waals surface area contributed by atoms with Gasteiger partial charge in [0.05, 0.1) is 23.0 Å². The van der Waals surface area contributed by atoms with Crippen LogP contribution in [0.5, 0.6) is 5.75 Å². The van der Waals surface area contributed by atoms with Gasteiger partial charge in [-0.05, 0) is 40.7 Å². The van der Waals surface area contributed by atoms with E-state index in [0.717, 1.165) is 27.8 Å². The zero-order chi connectivity index (χ0) is 24.1. The number of hydrogen-bond acceptors (Lipinski definition) is 6. The highest BCUT2D eigenvalue weighted by molar-refractivity contribution is 6.07. The molecule has 0 radical (unpaired) electrons. The number of fused-ring (bicyclic) bond motifs is 6. The van der Waals surface area contributed by atoms with E-state index in [1.165, 1.54) is 18.3 Å². The van der Waals surface area contributed by atoms with Crippen molar-refractivity contribution in [1.82, 2.24) is 5.01 Å². The second kappa shape index (κ2) is 8.16. The molecule has 6 rings (SSSR count). The summed E-state index contributed by atoms with van der Waals surface area (Å²) in [4.78, 5) is 37.1. The molecule has 0 spiro atoms. The Hall–Kier alpha value is -4.33. The monoisotopic (exact) mass is 467 g/mol. The number of carbonyl (C=O) groups excluding carboxylic acids is 2. The molecule has 35 heavy (non-hydrogen) atoms. The van der Waals surface area contributed by atoms with Crippen molar-refractivity contribution in [1.29, 1.82) is 0 Å². The summed E-state index contributed by atoms with van der Waals surface area (Å²) in [5, 5.41) is 18.9. The van der Waals surface area contributed by atoms with Gasteiger partial charge in [0.15, 0.2) is 0 Å². The molecule has 2 bridgehead atoms. The third-order valence-electron chi connectivity index (χ3n) is 7.23. The SMILES string of the molecule is O=C1[C@@H]2[C@H](C(=O)N1N=Cc1cccc([N+](=O)[O-])c1OCc1cccc3ccccc13)[C@H]1C=C[C@H]2C1. The maximum Gasteiger partial charge on any atom is 0.311 e. The Labute approximate surface area is 200 Å². The number of nitro benzene ring substituents is 1. The molecule has 1 saturated carbocycles. The Morgan fingerprint density at radius 1 is 0.971 bits per heavy atom. The molecule has 0 aromatic heterocycles. The van der Waals surface area contributed by atoms with Gasteiger partial charge in [0, 0.05) is 11.6 Å². The number of nitro groups is 1. The normalized spacial score (nSPS) is 24.6. The van der Waals surface area contributed by atoms with Crippen molar-refractivity contribution in [3.8, 4) is 5.75 Å². The van der Waals surface area contributed by atoms with E-state index in [1.807, 2.05) is 54.6 Å². The fourth-order valence-corrected chi connectivity index (χ4v) is 5.63. The van der Waals surface area contributed by atoms with Gasteiger partial charge in [0.2, 0.25) is 5.75 Å². The number of hydrogen-bond donors (Lipinski definition) is 0. The van der Waals surface area contributed by atoms with Gasteiger partial charge >= 0.3 is 5.69 Å². The summed E-state index contributed by atoms with van der Waals surface area (Å²) in [5.74, 6) is -1.13.